The normalized spacial score (nSPS) is 11.2. The Hall–Kier alpha value is -1.89. The van der Waals surface area contributed by atoms with Crippen molar-refractivity contribution in [1.82, 2.24) is 0 Å². The summed E-state index contributed by atoms with van der Waals surface area (Å²) in [6, 6.07) is 8.54. The van der Waals surface area contributed by atoms with Crippen molar-refractivity contribution in [3.63, 3.8) is 0 Å². The zero-order valence-corrected chi connectivity index (χ0v) is 22.5. The Labute approximate surface area is 215 Å². The molecule has 0 spiro atoms. The molecule has 0 bridgehead atoms. The van der Waals surface area contributed by atoms with E-state index in [-0.39, 0.29) is 6.32 Å². The topological polar surface area (TPSA) is 0 Å². The molecule has 36 heavy (non-hydrogen) atoms. The van der Waals surface area contributed by atoms with Crippen molar-refractivity contribution >= 4 is 12.7 Å². The van der Waals surface area contributed by atoms with Crippen molar-refractivity contribution in [2.75, 3.05) is 26.2 Å². The average Bonchev–Trinajstić information content (AvgIpc) is 2.91. The number of nitrogens with zero attached hydrogens (tertiary/aromatic N) is 1. The maximum Gasteiger partial charge on any atom is 0.200 e. The number of benzene rings is 2. The fraction of sp³-hybridized carbons (Fsp3) is 0.586. The molecule has 0 aliphatic heterocycles. The monoisotopic (exact) mass is 511 g/mol. The minimum Gasteiger partial charge on any atom is -0.324 e. The van der Waals surface area contributed by atoms with Gasteiger partial charge >= 0.3 is 0 Å². The predicted molar refractivity (Wildman–Crippen MR) is 141 cm³/mol. The SMILES string of the molecule is CCCC[N+](CCCC)(CCCC)CCCC.Fc1c(F)c(F)c([B]Cc2ccccc2)c(F)c1F. The Morgan fingerprint density at radius 3 is 1.28 bits per heavy atom. The molecular weight excluding hydrogens is 468 g/mol. The molecule has 0 fully saturated rings. The van der Waals surface area contributed by atoms with E-state index in [2.05, 4.69) is 27.7 Å². The Balaban J connectivity index is 0.000000363. The van der Waals surface area contributed by atoms with Crippen LogP contribution in [-0.4, -0.2) is 37.9 Å². The summed E-state index contributed by atoms with van der Waals surface area (Å²) in [6.45, 7) is 15.0. The Bertz CT molecular complexity index is 809. The second kappa shape index (κ2) is 17.5. The number of unbranched alkanes of at least 4 members (excludes halogenated alkanes) is 4. The zero-order chi connectivity index (χ0) is 27.0. The van der Waals surface area contributed by atoms with Crippen LogP contribution in [0.5, 0.6) is 0 Å². The van der Waals surface area contributed by atoms with Gasteiger partial charge in [-0.2, -0.15) is 0 Å². The molecule has 2 rings (SSSR count). The molecule has 0 aliphatic carbocycles. The van der Waals surface area contributed by atoms with Crippen LogP contribution in [0.1, 0.15) is 84.6 Å². The lowest BCUT2D eigenvalue weighted by atomic mass is 9.64. The molecule has 2 aromatic carbocycles. The first kappa shape index (κ1) is 32.1. The lowest BCUT2D eigenvalue weighted by molar-refractivity contribution is -0.929. The highest BCUT2D eigenvalue weighted by molar-refractivity contribution is 6.53. The second-order valence-corrected chi connectivity index (χ2v) is 9.53. The molecular formula is C29H43BF5N+. The highest BCUT2D eigenvalue weighted by Crippen LogP contribution is 2.17. The highest BCUT2D eigenvalue weighted by atomic mass is 19.2. The molecule has 7 heteroatoms. The molecule has 0 unspecified atom stereocenters. The van der Waals surface area contributed by atoms with E-state index in [1.54, 1.807) is 30.3 Å². The standard InChI is InChI=1S/C16H36N.C13H7BF5/c1-5-9-13-17(14-10-6-2,15-11-7-3)16-12-8-4;15-9-8(10(16)12(18)13(19)11(9)17)14-6-7-4-2-1-3-5-7/h5-16H2,1-4H3;1-5H,6H2/q+1;. The van der Waals surface area contributed by atoms with Gasteiger partial charge < -0.3 is 4.48 Å². The summed E-state index contributed by atoms with van der Waals surface area (Å²) in [4.78, 5) is 0. The van der Waals surface area contributed by atoms with Crippen LogP contribution < -0.4 is 5.46 Å². The molecule has 201 valence electrons. The number of hydrogen-bond acceptors (Lipinski definition) is 0. The minimum absolute atomic E-state index is 0.0686. The molecule has 0 N–H and O–H groups in total. The van der Waals surface area contributed by atoms with Gasteiger partial charge in [0.2, 0.25) is 0 Å². The second-order valence-electron chi connectivity index (χ2n) is 9.53. The van der Waals surface area contributed by atoms with Crippen LogP contribution in [0.4, 0.5) is 22.0 Å². The summed E-state index contributed by atoms with van der Waals surface area (Å²) in [5.74, 6) is -9.64. The third-order valence-electron chi connectivity index (χ3n) is 6.57. The summed E-state index contributed by atoms with van der Waals surface area (Å²) >= 11 is 0. The quantitative estimate of drug-likeness (QED) is 0.0749. The van der Waals surface area contributed by atoms with Gasteiger partial charge in [0.05, 0.1) is 26.2 Å². The Morgan fingerprint density at radius 1 is 0.556 bits per heavy atom. The lowest BCUT2D eigenvalue weighted by Crippen LogP contribution is -2.50. The maximum atomic E-state index is 13.4. The Kier molecular flexibility index (Phi) is 15.7. The zero-order valence-electron chi connectivity index (χ0n) is 22.5. The molecule has 0 saturated heterocycles. The minimum atomic E-state index is -2.15. The van der Waals surface area contributed by atoms with Crippen molar-refractivity contribution in [2.45, 2.75) is 85.4 Å². The summed E-state index contributed by atoms with van der Waals surface area (Å²) in [6.07, 6.45) is 11.1. The third-order valence-corrected chi connectivity index (χ3v) is 6.57. The molecule has 0 aliphatic rings. The number of hydrogen-bond donors (Lipinski definition) is 0. The van der Waals surface area contributed by atoms with Crippen LogP contribution in [-0.2, 0) is 6.32 Å². The van der Waals surface area contributed by atoms with Crippen LogP contribution >= 0.6 is 0 Å². The van der Waals surface area contributed by atoms with Crippen LogP contribution in [0, 0.1) is 29.1 Å². The largest absolute Gasteiger partial charge is 0.324 e. The first-order valence-electron chi connectivity index (χ1n) is 13.5. The smallest absolute Gasteiger partial charge is 0.200 e. The van der Waals surface area contributed by atoms with Gasteiger partial charge in [-0.05, 0) is 37.5 Å². The van der Waals surface area contributed by atoms with Crippen LogP contribution in [0.25, 0.3) is 0 Å². The Morgan fingerprint density at radius 2 is 0.917 bits per heavy atom. The summed E-state index contributed by atoms with van der Waals surface area (Å²) in [5, 5.41) is 0. The number of quaternary nitrogens is 1. The first-order valence-corrected chi connectivity index (χ1v) is 13.5. The molecule has 1 radical (unpaired) electrons. The van der Waals surface area contributed by atoms with Gasteiger partial charge in [0.25, 0.3) is 0 Å². The fourth-order valence-electron chi connectivity index (χ4n) is 4.28. The fourth-order valence-corrected chi connectivity index (χ4v) is 4.28. The van der Waals surface area contributed by atoms with E-state index < -0.39 is 34.5 Å². The van der Waals surface area contributed by atoms with Crippen molar-refractivity contribution < 1.29 is 26.4 Å². The maximum absolute atomic E-state index is 13.4. The van der Waals surface area contributed by atoms with E-state index in [0.717, 1.165) is 7.28 Å². The van der Waals surface area contributed by atoms with Crippen molar-refractivity contribution in [3.05, 3.63) is 65.0 Å². The van der Waals surface area contributed by atoms with E-state index in [9.17, 15) is 22.0 Å². The third kappa shape index (κ3) is 10.2. The van der Waals surface area contributed by atoms with Gasteiger partial charge in [-0.25, -0.2) is 22.0 Å². The molecule has 0 amide bonds. The van der Waals surface area contributed by atoms with Crippen molar-refractivity contribution in [1.29, 1.82) is 0 Å². The number of rotatable bonds is 15. The van der Waals surface area contributed by atoms with Crippen molar-refractivity contribution in [3.8, 4) is 0 Å². The van der Waals surface area contributed by atoms with Crippen molar-refractivity contribution in [2.24, 2.45) is 0 Å². The predicted octanol–water partition coefficient (Wildman–Crippen LogP) is 7.92. The van der Waals surface area contributed by atoms with E-state index in [0.29, 0.717) is 5.56 Å². The van der Waals surface area contributed by atoms with Gasteiger partial charge in [-0.1, -0.05) is 89.3 Å². The van der Waals surface area contributed by atoms with Crippen LogP contribution in [0.3, 0.4) is 0 Å². The highest BCUT2D eigenvalue weighted by Gasteiger charge is 2.26. The van der Waals surface area contributed by atoms with Crippen LogP contribution in [0.15, 0.2) is 30.3 Å². The van der Waals surface area contributed by atoms with E-state index in [1.807, 2.05) is 0 Å². The average molecular weight is 511 g/mol. The molecule has 0 atom stereocenters. The van der Waals surface area contributed by atoms with Gasteiger partial charge in [0.15, 0.2) is 36.4 Å². The molecule has 1 nitrogen and oxygen atoms in total. The lowest BCUT2D eigenvalue weighted by Gasteiger charge is -2.39. The van der Waals surface area contributed by atoms with E-state index in [1.165, 1.54) is 82.0 Å². The molecule has 0 heterocycles. The summed E-state index contributed by atoms with van der Waals surface area (Å²) in [5.41, 5.74) is -0.202. The van der Waals surface area contributed by atoms with E-state index in [4.69, 9.17) is 0 Å². The van der Waals surface area contributed by atoms with Gasteiger partial charge in [0, 0.05) is 0 Å². The summed E-state index contributed by atoms with van der Waals surface area (Å²) in [7, 11) is 0.978. The molecule has 0 saturated carbocycles. The van der Waals surface area contributed by atoms with Gasteiger partial charge in [-0.3, -0.25) is 0 Å². The van der Waals surface area contributed by atoms with Gasteiger partial charge in [0.1, 0.15) is 0 Å². The first-order chi connectivity index (χ1) is 17.3. The summed E-state index contributed by atoms with van der Waals surface area (Å²) < 4.78 is 66.8. The number of halogens is 5. The van der Waals surface area contributed by atoms with Gasteiger partial charge in [-0.15, -0.1) is 0 Å². The van der Waals surface area contributed by atoms with E-state index >= 15 is 0 Å². The molecule has 2 aromatic rings. The van der Waals surface area contributed by atoms with Crippen LogP contribution in [0.2, 0.25) is 0 Å². The molecule has 0 aromatic heterocycles.